The smallest absolute Gasteiger partial charge is 0.355 e. The normalized spacial score (nSPS) is 10.8. The summed E-state index contributed by atoms with van der Waals surface area (Å²) in [6.45, 7) is 1.01. The maximum Gasteiger partial charge on any atom is 0.355 e. The van der Waals surface area contributed by atoms with Gasteiger partial charge in [-0.15, -0.1) is 0 Å². The van der Waals surface area contributed by atoms with Crippen molar-refractivity contribution >= 4 is 23.9 Å². The van der Waals surface area contributed by atoms with Crippen LogP contribution in [0.1, 0.15) is 18.2 Å². The minimum atomic E-state index is -0.799. The first-order chi connectivity index (χ1) is 12.0. The van der Waals surface area contributed by atoms with Crippen molar-refractivity contribution in [2.75, 3.05) is 6.61 Å². The van der Waals surface area contributed by atoms with E-state index in [4.69, 9.17) is 9.15 Å². The van der Waals surface area contributed by atoms with Crippen LogP contribution < -0.4 is 10.6 Å². The van der Waals surface area contributed by atoms with Crippen molar-refractivity contribution in [1.82, 2.24) is 10.6 Å². The summed E-state index contributed by atoms with van der Waals surface area (Å²) in [5.41, 5.74) is 0.669. The van der Waals surface area contributed by atoms with E-state index in [9.17, 15) is 14.4 Å². The van der Waals surface area contributed by atoms with E-state index < -0.39 is 24.4 Å². The molecule has 0 spiro atoms. The topological polar surface area (TPSA) is 97.6 Å². The van der Waals surface area contributed by atoms with Gasteiger partial charge in [0.25, 0.3) is 5.91 Å². The largest absolute Gasteiger partial charge is 0.467 e. The molecule has 7 heteroatoms. The number of ether oxygens (including phenoxy) is 1. The Morgan fingerprint density at radius 2 is 1.88 bits per heavy atom. The van der Waals surface area contributed by atoms with E-state index in [1.165, 1.54) is 19.3 Å². The van der Waals surface area contributed by atoms with Crippen molar-refractivity contribution in [3.05, 3.63) is 65.7 Å². The second-order valence-electron chi connectivity index (χ2n) is 5.08. The van der Waals surface area contributed by atoms with Gasteiger partial charge in [-0.05, 0) is 23.8 Å². The molecule has 1 aromatic carbocycles. The Morgan fingerprint density at radius 1 is 1.12 bits per heavy atom. The summed E-state index contributed by atoms with van der Waals surface area (Å²) in [7, 11) is 0. The Hall–Kier alpha value is -3.35. The summed E-state index contributed by atoms with van der Waals surface area (Å²) >= 11 is 0. The molecule has 25 heavy (non-hydrogen) atoms. The molecule has 0 saturated heterocycles. The molecule has 0 atom stereocenters. The zero-order valence-corrected chi connectivity index (χ0v) is 13.7. The van der Waals surface area contributed by atoms with Crippen molar-refractivity contribution in [2.45, 2.75) is 13.5 Å². The van der Waals surface area contributed by atoms with E-state index in [-0.39, 0.29) is 12.2 Å². The summed E-state index contributed by atoms with van der Waals surface area (Å²) in [5, 5.41) is 4.96. The standard InChI is InChI=1S/C18H18N2O5/c1-13(21)20-16(10-14-6-3-2-4-7-14)18(23)25-12-17(22)19-11-15-8-5-9-24-15/h2-10H,11-12H2,1H3,(H,19,22)(H,20,21)/b16-10+. The highest BCUT2D eigenvalue weighted by molar-refractivity contribution is 5.98. The fraction of sp³-hybridized carbons (Fsp3) is 0.167. The Bertz CT molecular complexity index is 751. The molecule has 0 aliphatic heterocycles. The molecule has 0 unspecified atom stereocenters. The minimum absolute atomic E-state index is 0.0439. The number of carbonyl (C=O) groups excluding carboxylic acids is 3. The third-order valence-corrected chi connectivity index (χ3v) is 3.02. The number of benzene rings is 1. The average Bonchev–Trinajstić information content (AvgIpc) is 3.11. The second-order valence-corrected chi connectivity index (χ2v) is 5.08. The number of furan rings is 1. The summed E-state index contributed by atoms with van der Waals surface area (Å²) in [6, 6.07) is 12.4. The van der Waals surface area contributed by atoms with Gasteiger partial charge in [-0.2, -0.15) is 0 Å². The highest BCUT2D eigenvalue weighted by Gasteiger charge is 2.15. The van der Waals surface area contributed by atoms with Gasteiger partial charge in [-0.25, -0.2) is 4.79 Å². The molecule has 7 nitrogen and oxygen atoms in total. The van der Waals surface area contributed by atoms with Crippen LogP contribution in [0.4, 0.5) is 0 Å². The maximum atomic E-state index is 12.1. The van der Waals surface area contributed by atoms with E-state index in [2.05, 4.69) is 10.6 Å². The first-order valence-electron chi connectivity index (χ1n) is 7.55. The molecule has 0 saturated carbocycles. The molecule has 1 heterocycles. The molecule has 0 aliphatic rings. The van der Waals surface area contributed by atoms with Crippen LogP contribution in [0.2, 0.25) is 0 Å². The zero-order valence-electron chi connectivity index (χ0n) is 13.7. The fourth-order valence-corrected chi connectivity index (χ4v) is 1.91. The number of amides is 2. The molecule has 130 valence electrons. The van der Waals surface area contributed by atoms with Crippen molar-refractivity contribution in [3.8, 4) is 0 Å². The van der Waals surface area contributed by atoms with Gasteiger partial charge >= 0.3 is 5.97 Å². The van der Waals surface area contributed by atoms with E-state index in [1.54, 1.807) is 36.4 Å². The molecule has 0 bridgehead atoms. The van der Waals surface area contributed by atoms with Crippen LogP contribution in [0.3, 0.4) is 0 Å². The van der Waals surface area contributed by atoms with Gasteiger partial charge in [0, 0.05) is 6.92 Å². The Labute approximate surface area is 144 Å². The second kappa shape index (κ2) is 9.07. The summed E-state index contributed by atoms with van der Waals surface area (Å²) in [6.07, 6.45) is 2.97. The summed E-state index contributed by atoms with van der Waals surface area (Å²) in [4.78, 5) is 35.1. The molecule has 0 fully saturated rings. The van der Waals surface area contributed by atoms with Gasteiger partial charge < -0.3 is 19.8 Å². The van der Waals surface area contributed by atoms with Gasteiger partial charge in [0.15, 0.2) is 6.61 Å². The number of esters is 1. The SMILES string of the molecule is CC(=O)N/C(=C/c1ccccc1)C(=O)OCC(=O)NCc1ccco1. The third kappa shape index (κ3) is 6.34. The highest BCUT2D eigenvalue weighted by Crippen LogP contribution is 2.06. The third-order valence-electron chi connectivity index (χ3n) is 3.02. The zero-order chi connectivity index (χ0) is 18.1. The quantitative estimate of drug-likeness (QED) is 0.588. The predicted molar refractivity (Wildman–Crippen MR) is 89.7 cm³/mol. The van der Waals surface area contributed by atoms with E-state index in [0.29, 0.717) is 11.3 Å². The van der Waals surface area contributed by atoms with E-state index in [1.807, 2.05) is 6.07 Å². The number of nitrogens with one attached hydrogen (secondary N) is 2. The molecule has 0 aliphatic carbocycles. The van der Waals surface area contributed by atoms with Crippen molar-refractivity contribution in [3.63, 3.8) is 0 Å². The van der Waals surface area contributed by atoms with Crippen LogP contribution in [0, 0.1) is 0 Å². The van der Waals surface area contributed by atoms with Crippen molar-refractivity contribution < 1.29 is 23.5 Å². The lowest BCUT2D eigenvalue weighted by molar-refractivity contribution is -0.145. The Kier molecular flexibility index (Phi) is 6.53. The van der Waals surface area contributed by atoms with Crippen LogP contribution in [0.15, 0.2) is 58.8 Å². The van der Waals surface area contributed by atoms with Crippen molar-refractivity contribution in [1.29, 1.82) is 0 Å². The van der Waals surface area contributed by atoms with Crippen LogP contribution in [-0.4, -0.2) is 24.4 Å². The van der Waals surface area contributed by atoms with E-state index in [0.717, 1.165) is 0 Å². The number of rotatable bonds is 7. The molecule has 1 aromatic heterocycles. The van der Waals surface area contributed by atoms with Gasteiger partial charge in [-0.1, -0.05) is 30.3 Å². The van der Waals surface area contributed by atoms with Gasteiger partial charge in [0.05, 0.1) is 12.8 Å². The summed E-state index contributed by atoms with van der Waals surface area (Å²) in [5.74, 6) is -1.11. The van der Waals surface area contributed by atoms with Crippen LogP contribution in [-0.2, 0) is 25.7 Å². The van der Waals surface area contributed by atoms with E-state index >= 15 is 0 Å². The lowest BCUT2D eigenvalue weighted by atomic mass is 10.2. The molecule has 0 radical (unpaired) electrons. The summed E-state index contributed by atoms with van der Waals surface area (Å²) < 4.78 is 10.0. The first-order valence-corrected chi connectivity index (χ1v) is 7.55. The molecule has 2 aromatic rings. The molecular formula is C18H18N2O5. The molecule has 2 N–H and O–H groups in total. The van der Waals surface area contributed by atoms with Crippen molar-refractivity contribution in [2.24, 2.45) is 0 Å². The van der Waals surface area contributed by atoms with Crippen LogP contribution in [0.25, 0.3) is 6.08 Å². The van der Waals surface area contributed by atoms with Gasteiger partial charge in [-0.3, -0.25) is 9.59 Å². The number of hydrogen-bond donors (Lipinski definition) is 2. The monoisotopic (exact) mass is 342 g/mol. The lowest BCUT2D eigenvalue weighted by Gasteiger charge is -2.09. The Morgan fingerprint density at radius 3 is 2.52 bits per heavy atom. The number of carbonyl (C=O) groups is 3. The lowest BCUT2D eigenvalue weighted by Crippen LogP contribution is -2.31. The number of hydrogen-bond acceptors (Lipinski definition) is 5. The van der Waals surface area contributed by atoms with Crippen LogP contribution >= 0.6 is 0 Å². The van der Waals surface area contributed by atoms with Gasteiger partial charge in [0.1, 0.15) is 11.5 Å². The molecule has 2 amide bonds. The average molecular weight is 342 g/mol. The first kappa shape index (κ1) is 18.0. The van der Waals surface area contributed by atoms with Crippen LogP contribution in [0.5, 0.6) is 0 Å². The maximum absolute atomic E-state index is 12.1. The molecule has 2 rings (SSSR count). The van der Waals surface area contributed by atoms with Gasteiger partial charge in [0.2, 0.25) is 5.91 Å². The fourth-order valence-electron chi connectivity index (χ4n) is 1.91. The highest BCUT2D eigenvalue weighted by atomic mass is 16.5. The minimum Gasteiger partial charge on any atom is -0.467 e. The molecular weight excluding hydrogens is 324 g/mol. The Balaban J connectivity index is 1.91. The predicted octanol–water partition coefficient (Wildman–Crippen LogP) is 1.62.